The van der Waals surface area contributed by atoms with Gasteiger partial charge in [-0.2, -0.15) is 4.68 Å². The van der Waals surface area contributed by atoms with Crippen molar-refractivity contribution in [3.63, 3.8) is 0 Å². The SMILES string of the molecule is O=C(/C=C\c1ccc([N+](=O)[O-])cc1)N1CCN(c2ncnc3c2nnn3-c2ccc(Cl)cc2)CC1. The predicted molar refractivity (Wildman–Crippen MR) is 130 cm³/mol. The van der Waals surface area contributed by atoms with Crippen molar-refractivity contribution in [2.24, 2.45) is 0 Å². The van der Waals surface area contributed by atoms with Gasteiger partial charge in [0, 0.05) is 49.4 Å². The summed E-state index contributed by atoms with van der Waals surface area (Å²) in [6, 6.07) is 13.3. The maximum absolute atomic E-state index is 12.6. The van der Waals surface area contributed by atoms with E-state index in [-0.39, 0.29) is 11.6 Å². The Labute approximate surface area is 204 Å². The monoisotopic (exact) mass is 490 g/mol. The van der Waals surface area contributed by atoms with Gasteiger partial charge in [-0.05, 0) is 48.0 Å². The lowest BCUT2D eigenvalue weighted by Gasteiger charge is -2.34. The zero-order chi connectivity index (χ0) is 24.4. The molecule has 0 radical (unpaired) electrons. The van der Waals surface area contributed by atoms with Crippen LogP contribution >= 0.6 is 11.6 Å². The van der Waals surface area contributed by atoms with Gasteiger partial charge >= 0.3 is 0 Å². The van der Waals surface area contributed by atoms with Crippen LogP contribution in [-0.4, -0.2) is 66.9 Å². The van der Waals surface area contributed by atoms with Crippen molar-refractivity contribution < 1.29 is 9.72 Å². The van der Waals surface area contributed by atoms with Crippen LogP contribution in [0.5, 0.6) is 0 Å². The Bertz CT molecular complexity index is 1410. The summed E-state index contributed by atoms with van der Waals surface area (Å²) in [5.74, 6) is 0.549. The fourth-order valence-electron chi connectivity index (χ4n) is 3.84. The quantitative estimate of drug-likeness (QED) is 0.237. The van der Waals surface area contributed by atoms with E-state index in [1.165, 1.54) is 24.5 Å². The van der Waals surface area contributed by atoms with E-state index in [1.807, 2.05) is 12.1 Å². The Balaban J connectivity index is 1.26. The summed E-state index contributed by atoms with van der Waals surface area (Å²) in [5.41, 5.74) is 2.69. The number of carbonyl (C=O) groups is 1. The van der Waals surface area contributed by atoms with Crippen molar-refractivity contribution in [3.8, 4) is 5.69 Å². The Hall–Kier alpha value is -4.38. The molecule has 0 spiro atoms. The minimum atomic E-state index is -0.457. The summed E-state index contributed by atoms with van der Waals surface area (Å²) in [6.45, 7) is 2.19. The average Bonchev–Trinajstić information content (AvgIpc) is 3.32. The molecule has 1 aliphatic rings. The van der Waals surface area contributed by atoms with E-state index < -0.39 is 4.92 Å². The number of hydrogen-bond acceptors (Lipinski definition) is 8. The van der Waals surface area contributed by atoms with Gasteiger partial charge in [0.15, 0.2) is 17.0 Å². The highest BCUT2D eigenvalue weighted by Crippen LogP contribution is 2.24. The van der Waals surface area contributed by atoms with E-state index >= 15 is 0 Å². The molecule has 35 heavy (non-hydrogen) atoms. The number of amides is 1. The molecule has 4 aromatic rings. The molecule has 2 aromatic heterocycles. The van der Waals surface area contributed by atoms with Crippen molar-refractivity contribution in [1.29, 1.82) is 0 Å². The Morgan fingerprint density at radius 3 is 2.40 bits per heavy atom. The van der Waals surface area contributed by atoms with Gasteiger partial charge in [-0.1, -0.05) is 16.8 Å². The molecule has 176 valence electrons. The molecular formula is C23H19ClN8O3. The maximum Gasteiger partial charge on any atom is 0.269 e. The van der Waals surface area contributed by atoms with E-state index in [9.17, 15) is 14.9 Å². The molecule has 5 rings (SSSR count). The molecule has 2 aromatic carbocycles. The van der Waals surface area contributed by atoms with E-state index in [2.05, 4.69) is 25.2 Å². The minimum absolute atomic E-state index is 0.0108. The number of aromatic nitrogens is 5. The maximum atomic E-state index is 12.6. The van der Waals surface area contributed by atoms with Crippen molar-refractivity contribution in [2.75, 3.05) is 31.1 Å². The van der Waals surface area contributed by atoms with Crippen molar-refractivity contribution in [3.05, 3.63) is 81.6 Å². The van der Waals surface area contributed by atoms with Crippen LogP contribution in [0.25, 0.3) is 22.9 Å². The number of fused-ring (bicyclic) bond motifs is 1. The van der Waals surface area contributed by atoms with Crippen LogP contribution in [0.15, 0.2) is 60.9 Å². The summed E-state index contributed by atoms with van der Waals surface area (Å²) in [7, 11) is 0. The van der Waals surface area contributed by atoms with Crippen LogP contribution in [-0.2, 0) is 4.79 Å². The second kappa shape index (κ2) is 9.47. The van der Waals surface area contributed by atoms with Crippen LogP contribution in [0, 0.1) is 10.1 Å². The molecule has 3 heterocycles. The molecule has 0 unspecified atom stereocenters. The number of anilines is 1. The van der Waals surface area contributed by atoms with Gasteiger partial charge in [0.05, 0.1) is 10.6 Å². The van der Waals surface area contributed by atoms with Gasteiger partial charge in [0.1, 0.15) is 6.33 Å². The standard InChI is InChI=1S/C23H19ClN8O3/c24-17-4-8-18(9-5-17)31-23-21(27-28-31)22(25-15-26-23)30-13-11-29(12-14-30)20(33)10-3-16-1-6-19(7-2-16)32(34)35/h1-10,15H,11-14H2/b10-3-. The first-order chi connectivity index (χ1) is 17.0. The summed E-state index contributed by atoms with van der Waals surface area (Å²) in [5, 5.41) is 19.9. The Morgan fingerprint density at radius 2 is 1.71 bits per heavy atom. The zero-order valence-corrected chi connectivity index (χ0v) is 19.1. The first-order valence-electron chi connectivity index (χ1n) is 10.8. The third kappa shape index (κ3) is 4.66. The molecule has 0 N–H and O–H groups in total. The average molecular weight is 491 g/mol. The number of piperazine rings is 1. The zero-order valence-electron chi connectivity index (χ0n) is 18.4. The molecule has 1 saturated heterocycles. The highest BCUT2D eigenvalue weighted by molar-refractivity contribution is 6.30. The minimum Gasteiger partial charge on any atom is -0.351 e. The topological polar surface area (TPSA) is 123 Å². The van der Waals surface area contributed by atoms with E-state index in [0.717, 1.165) is 11.3 Å². The summed E-state index contributed by atoms with van der Waals surface area (Å²) < 4.78 is 1.64. The molecule has 1 aliphatic heterocycles. The highest BCUT2D eigenvalue weighted by atomic mass is 35.5. The molecule has 0 aliphatic carbocycles. The van der Waals surface area contributed by atoms with Gasteiger partial charge in [0.25, 0.3) is 5.69 Å². The van der Waals surface area contributed by atoms with Crippen molar-refractivity contribution in [2.45, 2.75) is 0 Å². The first-order valence-corrected chi connectivity index (χ1v) is 11.2. The molecule has 11 nitrogen and oxygen atoms in total. The number of hydrogen-bond donors (Lipinski definition) is 0. The summed E-state index contributed by atoms with van der Waals surface area (Å²) in [4.78, 5) is 35.6. The fraction of sp³-hybridized carbons (Fsp3) is 0.174. The summed E-state index contributed by atoms with van der Waals surface area (Å²) in [6.07, 6.45) is 4.62. The molecule has 0 atom stereocenters. The van der Waals surface area contributed by atoms with Crippen molar-refractivity contribution in [1.82, 2.24) is 29.9 Å². The number of halogens is 1. The number of nitro groups is 1. The first kappa shape index (κ1) is 22.4. The number of carbonyl (C=O) groups excluding carboxylic acids is 1. The normalized spacial score (nSPS) is 14.1. The lowest BCUT2D eigenvalue weighted by molar-refractivity contribution is -0.384. The number of non-ortho nitro benzene ring substituents is 1. The van der Waals surface area contributed by atoms with Crippen LogP contribution in [0.4, 0.5) is 11.5 Å². The number of nitro benzene ring substituents is 1. The number of rotatable bonds is 5. The number of benzene rings is 2. The Kier molecular flexibility index (Phi) is 6.06. The Morgan fingerprint density at radius 1 is 1.00 bits per heavy atom. The molecule has 0 saturated carbocycles. The van der Waals surface area contributed by atoms with Gasteiger partial charge in [0.2, 0.25) is 5.91 Å². The molecule has 0 bridgehead atoms. The van der Waals surface area contributed by atoms with Crippen LogP contribution in [0.3, 0.4) is 0 Å². The van der Waals surface area contributed by atoms with Crippen LogP contribution in [0.1, 0.15) is 5.56 Å². The van der Waals surface area contributed by atoms with Crippen LogP contribution < -0.4 is 4.90 Å². The second-order valence-electron chi connectivity index (χ2n) is 7.84. The lowest BCUT2D eigenvalue weighted by atomic mass is 10.2. The molecule has 12 heteroatoms. The second-order valence-corrected chi connectivity index (χ2v) is 8.28. The summed E-state index contributed by atoms with van der Waals surface area (Å²) >= 11 is 5.99. The largest absolute Gasteiger partial charge is 0.351 e. The number of nitrogens with zero attached hydrogens (tertiary/aromatic N) is 8. The highest BCUT2D eigenvalue weighted by Gasteiger charge is 2.24. The van der Waals surface area contributed by atoms with Gasteiger partial charge in [-0.25, -0.2) is 9.97 Å². The van der Waals surface area contributed by atoms with Crippen molar-refractivity contribution >= 4 is 46.3 Å². The lowest BCUT2D eigenvalue weighted by Crippen LogP contribution is -2.48. The van der Waals surface area contributed by atoms with E-state index in [0.29, 0.717) is 48.2 Å². The van der Waals surface area contributed by atoms with E-state index in [4.69, 9.17) is 11.6 Å². The van der Waals surface area contributed by atoms with Gasteiger partial charge in [-0.15, -0.1) is 5.10 Å². The smallest absolute Gasteiger partial charge is 0.269 e. The molecule has 1 amide bonds. The van der Waals surface area contributed by atoms with Gasteiger partial charge in [-0.3, -0.25) is 14.9 Å². The van der Waals surface area contributed by atoms with Gasteiger partial charge < -0.3 is 9.80 Å². The third-order valence-electron chi connectivity index (χ3n) is 5.70. The van der Waals surface area contributed by atoms with E-state index in [1.54, 1.807) is 39.9 Å². The predicted octanol–water partition coefficient (Wildman–Crippen LogP) is 3.13. The molecule has 1 fully saturated rings. The fourth-order valence-corrected chi connectivity index (χ4v) is 3.97. The third-order valence-corrected chi connectivity index (χ3v) is 5.95. The van der Waals surface area contributed by atoms with Crippen LogP contribution in [0.2, 0.25) is 5.02 Å². The molecular weight excluding hydrogens is 472 g/mol.